The summed E-state index contributed by atoms with van der Waals surface area (Å²) in [7, 11) is 1.73. The number of nitrogens with two attached hydrogens (primary N) is 1. The molecule has 1 fully saturated rings. The first-order chi connectivity index (χ1) is 10.1. The summed E-state index contributed by atoms with van der Waals surface area (Å²) in [4.78, 5) is 2.45. The van der Waals surface area contributed by atoms with Gasteiger partial charge >= 0.3 is 0 Å². The molecule has 1 aliphatic carbocycles. The molecule has 0 heterocycles. The summed E-state index contributed by atoms with van der Waals surface area (Å²) in [6.45, 7) is 4.41. The maximum Gasteiger partial charge on any atom is 0.0595 e. The van der Waals surface area contributed by atoms with Gasteiger partial charge in [0.05, 0.1) is 16.7 Å². The molecular weight excluding hydrogens is 307 g/mol. The van der Waals surface area contributed by atoms with Crippen molar-refractivity contribution >= 4 is 23.2 Å². The van der Waals surface area contributed by atoms with Crippen molar-refractivity contribution in [3.63, 3.8) is 0 Å². The van der Waals surface area contributed by atoms with Gasteiger partial charge in [-0.3, -0.25) is 4.90 Å². The lowest BCUT2D eigenvalue weighted by Gasteiger charge is -2.36. The number of methoxy groups -OCH3 is 1. The monoisotopic (exact) mass is 330 g/mol. The summed E-state index contributed by atoms with van der Waals surface area (Å²) < 4.78 is 5.27. The Kier molecular flexibility index (Phi) is 6.33. The number of nitrogens with zero attached hydrogens (tertiary/aromatic N) is 1. The SMILES string of the molecule is COCCN(C(CN)c1ccc(Cl)c(Cl)c1)C(C)C1CC1. The van der Waals surface area contributed by atoms with Crippen LogP contribution in [0.1, 0.15) is 31.4 Å². The van der Waals surface area contributed by atoms with Gasteiger partial charge in [-0.1, -0.05) is 29.3 Å². The first-order valence-electron chi connectivity index (χ1n) is 7.48. The van der Waals surface area contributed by atoms with Crippen LogP contribution in [0, 0.1) is 5.92 Å². The number of halogens is 2. The lowest BCUT2D eigenvalue weighted by Crippen LogP contribution is -2.43. The molecule has 2 unspecified atom stereocenters. The molecule has 0 spiro atoms. The third kappa shape index (κ3) is 4.33. The molecule has 2 rings (SSSR count). The lowest BCUT2D eigenvalue weighted by atomic mass is 10.0. The zero-order chi connectivity index (χ0) is 15.4. The van der Waals surface area contributed by atoms with Crippen LogP contribution in [-0.2, 0) is 4.74 Å². The molecule has 3 nitrogen and oxygen atoms in total. The van der Waals surface area contributed by atoms with Crippen LogP contribution in [0.5, 0.6) is 0 Å². The van der Waals surface area contributed by atoms with Gasteiger partial charge in [-0.05, 0) is 43.4 Å². The number of hydrogen-bond acceptors (Lipinski definition) is 3. The molecule has 0 amide bonds. The molecule has 0 aliphatic heterocycles. The van der Waals surface area contributed by atoms with E-state index in [0.29, 0.717) is 29.2 Å². The smallest absolute Gasteiger partial charge is 0.0595 e. The second-order valence-electron chi connectivity index (χ2n) is 5.73. The molecule has 0 aromatic heterocycles. The van der Waals surface area contributed by atoms with Gasteiger partial charge < -0.3 is 10.5 Å². The van der Waals surface area contributed by atoms with Crippen molar-refractivity contribution < 1.29 is 4.74 Å². The summed E-state index contributed by atoms with van der Waals surface area (Å²) in [6.07, 6.45) is 2.62. The minimum atomic E-state index is 0.144. The summed E-state index contributed by atoms with van der Waals surface area (Å²) in [5.74, 6) is 0.777. The van der Waals surface area contributed by atoms with Crippen LogP contribution in [0.3, 0.4) is 0 Å². The highest BCUT2D eigenvalue weighted by atomic mass is 35.5. The van der Waals surface area contributed by atoms with E-state index in [9.17, 15) is 0 Å². The number of rotatable bonds is 8. The van der Waals surface area contributed by atoms with E-state index in [-0.39, 0.29) is 6.04 Å². The minimum absolute atomic E-state index is 0.144. The standard InChI is InChI=1S/C16H24Cl2N2O/c1-11(12-3-4-12)20(7-8-21-2)16(10-19)13-5-6-14(17)15(18)9-13/h5-6,9,11-12,16H,3-4,7-8,10,19H2,1-2H3. The van der Waals surface area contributed by atoms with Crippen molar-refractivity contribution in [2.75, 3.05) is 26.8 Å². The van der Waals surface area contributed by atoms with Gasteiger partial charge in [0.2, 0.25) is 0 Å². The highest BCUT2D eigenvalue weighted by Gasteiger charge is 2.35. The Hall–Kier alpha value is -0.320. The van der Waals surface area contributed by atoms with E-state index in [1.54, 1.807) is 7.11 Å². The quantitative estimate of drug-likeness (QED) is 0.789. The summed E-state index contributed by atoms with van der Waals surface area (Å²) in [5.41, 5.74) is 7.19. The summed E-state index contributed by atoms with van der Waals surface area (Å²) >= 11 is 12.2. The van der Waals surface area contributed by atoms with E-state index in [4.69, 9.17) is 33.7 Å². The second kappa shape index (κ2) is 7.80. The Morgan fingerprint density at radius 3 is 2.57 bits per heavy atom. The summed E-state index contributed by atoms with van der Waals surface area (Å²) in [5, 5.41) is 1.16. The molecule has 118 valence electrons. The molecule has 21 heavy (non-hydrogen) atoms. The fourth-order valence-corrected chi connectivity index (χ4v) is 3.18. The largest absolute Gasteiger partial charge is 0.383 e. The maximum absolute atomic E-state index is 6.16. The number of hydrogen-bond donors (Lipinski definition) is 1. The Labute approximate surface area is 137 Å². The maximum atomic E-state index is 6.16. The zero-order valence-electron chi connectivity index (χ0n) is 12.7. The Bertz CT molecular complexity index is 466. The predicted octanol–water partition coefficient (Wildman–Crippen LogP) is 3.74. The lowest BCUT2D eigenvalue weighted by molar-refractivity contribution is 0.0835. The van der Waals surface area contributed by atoms with Crippen LogP contribution in [0.15, 0.2) is 18.2 Å². The van der Waals surface area contributed by atoms with Gasteiger partial charge in [0, 0.05) is 32.3 Å². The van der Waals surface area contributed by atoms with Crippen LogP contribution in [-0.4, -0.2) is 37.7 Å². The Morgan fingerprint density at radius 2 is 2.05 bits per heavy atom. The van der Waals surface area contributed by atoms with Crippen LogP contribution < -0.4 is 5.73 Å². The van der Waals surface area contributed by atoms with E-state index < -0.39 is 0 Å². The van der Waals surface area contributed by atoms with Crippen molar-refractivity contribution in [1.29, 1.82) is 0 Å². The van der Waals surface area contributed by atoms with Crippen molar-refractivity contribution in [3.8, 4) is 0 Å². The van der Waals surface area contributed by atoms with E-state index in [2.05, 4.69) is 11.8 Å². The molecule has 1 aromatic carbocycles. The van der Waals surface area contributed by atoms with Crippen LogP contribution in [0.2, 0.25) is 10.0 Å². The molecule has 0 saturated heterocycles. The topological polar surface area (TPSA) is 38.5 Å². The van der Waals surface area contributed by atoms with Gasteiger partial charge in [-0.15, -0.1) is 0 Å². The molecule has 0 radical (unpaired) electrons. The molecule has 2 atom stereocenters. The Morgan fingerprint density at radius 1 is 1.33 bits per heavy atom. The molecule has 1 aliphatic rings. The van der Waals surface area contributed by atoms with E-state index in [1.807, 2.05) is 18.2 Å². The van der Waals surface area contributed by atoms with Crippen molar-refractivity contribution in [2.45, 2.75) is 31.8 Å². The molecule has 1 saturated carbocycles. The van der Waals surface area contributed by atoms with Gasteiger partial charge in [0.25, 0.3) is 0 Å². The van der Waals surface area contributed by atoms with Gasteiger partial charge in [-0.25, -0.2) is 0 Å². The molecule has 2 N–H and O–H groups in total. The fraction of sp³-hybridized carbons (Fsp3) is 0.625. The molecule has 1 aromatic rings. The number of ether oxygens (including phenoxy) is 1. The first-order valence-corrected chi connectivity index (χ1v) is 8.23. The van der Waals surface area contributed by atoms with Gasteiger partial charge in [-0.2, -0.15) is 0 Å². The van der Waals surface area contributed by atoms with E-state index in [1.165, 1.54) is 12.8 Å². The third-order valence-electron chi connectivity index (χ3n) is 4.33. The average molecular weight is 331 g/mol. The highest BCUT2D eigenvalue weighted by Crippen LogP contribution is 2.38. The summed E-state index contributed by atoms with van der Waals surface area (Å²) in [6, 6.07) is 6.44. The molecule has 5 heteroatoms. The minimum Gasteiger partial charge on any atom is -0.383 e. The second-order valence-corrected chi connectivity index (χ2v) is 6.55. The molecular formula is C16H24Cl2N2O. The predicted molar refractivity (Wildman–Crippen MR) is 89.0 cm³/mol. The normalized spacial score (nSPS) is 18.0. The van der Waals surface area contributed by atoms with Crippen LogP contribution >= 0.6 is 23.2 Å². The number of benzene rings is 1. The van der Waals surface area contributed by atoms with E-state index >= 15 is 0 Å². The van der Waals surface area contributed by atoms with Crippen molar-refractivity contribution in [3.05, 3.63) is 33.8 Å². The van der Waals surface area contributed by atoms with Gasteiger partial charge in [0.15, 0.2) is 0 Å². The van der Waals surface area contributed by atoms with Crippen molar-refractivity contribution in [2.24, 2.45) is 11.7 Å². The first kappa shape index (κ1) is 17.0. The fourth-order valence-electron chi connectivity index (χ4n) is 2.87. The van der Waals surface area contributed by atoms with Crippen molar-refractivity contribution in [1.82, 2.24) is 4.90 Å². The molecule has 0 bridgehead atoms. The average Bonchev–Trinajstić information content (AvgIpc) is 3.30. The highest BCUT2D eigenvalue weighted by molar-refractivity contribution is 6.42. The van der Waals surface area contributed by atoms with Gasteiger partial charge in [0.1, 0.15) is 0 Å². The van der Waals surface area contributed by atoms with Crippen LogP contribution in [0.25, 0.3) is 0 Å². The third-order valence-corrected chi connectivity index (χ3v) is 5.07. The Balaban J connectivity index is 2.22. The van der Waals surface area contributed by atoms with E-state index in [0.717, 1.165) is 18.0 Å². The zero-order valence-corrected chi connectivity index (χ0v) is 14.2. The van der Waals surface area contributed by atoms with Crippen LogP contribution in [0.4, 0.5) is 0 Å².